The van der Waals surface area contributed by atoms with Crippen LogP contribution < -0.4 is 10.4 Å². The van der Waals surface area contributed by atoms with Gasteiger partial charge < -0.3 is 0 Å². The van der Waals surface area contributed by atoms with Gasteiger partial charge in [-0.25, -0.2) is 10.4 Å². The summed E-state index contributed by atoms with van der Waals surface area (Å²) < 4.78 is -0.000149. The summed E-state index contributed by atoms with van der Waals surface area (Å²) in [5, 5.41) is 2.21. The highest BCUT2D eigenvalue weighted by Gasteiger charge is 2.32. The molecule has 1 saturated heterocycles. The molecule has 0 bridgehead atoms. The highest BCUT2D eigenvalue weighted by molar-refractivity contribution is 8.25. The van der Waals surface area contributed by atoms with Crippen molar-refractivity contribution in [2.24, 2.45) is 0 Å². The largest absolute Gasteiger partial charge is 0.303 e. The predicted octanol–water partition coefficient (Wildman–Crippen LogP) is 3.82. The third-order valence-electron chi connectivity index (χ3n) is 2.00. The van der Waals surface area contributed by atoms with Crippen LogP contribution in [0, 0.1) is 0 Å². The molecule has 86 valence electrons. The smallest absolute Gasteiger partial charge is 0.260 e. The fourth-order valence-electron chi connectivity index (χ4n) is 1.29. The van der Waals surface area contributed by atoms with Crippen molar-refractivity contribution in [2.75, 3.05) is 11.3 Å². The Labute approximate surface area is 112 Å². The molecule has 1 aromatic carbocycles. The molecule has 1 atom stereocenters. The number of thioether (sulfide) groups is 2. The molecule has 0 spiro atoms. The Morgan fingerprint density at radius 3 is 2.56 bits per heavy atom. The summed E-state index contributed by atoms with van der Waals surface area (Å²) >= 11 is 14.8. The lowest BCUT2D eigenvalue weighted by Gasteiger charge is -2.18. The maximum Gasteiger partial charge on any atom is 0.303 e. The summed E-state index contributed by atoms with van der Waals surface area (Å²) in [7, 11) is 0. The Morgan fingerprint density at radius 1 is 1.44 bits per heavy atom. The van der Waals surface area contributed by atoms with Crippen LogP contribution in [0.1, 0.15) is 0 Å². The Morgan fingerprint density at radius 2 is 2.06 bits per heavy atom. The topological polar surface area (TPSA) is 32.3 Å². The molecule has 1 aromatic rings. The molecule has 16 heavy (non-hydrogen) atoms. The molecule has 1 N–H and O–H groups in total. The third-order valence-corrected chi connectivity index (χ3v) is 4.71. The summed E-state index contributed by atoms with van der Waals surface area (Å²) in [4.78, 5) is 11.7. The van der Waals surface area contributed by atoms with Crippen LogP contribution in [0.5, 0.6) is 0 Å². The van der Waals surface area contributed by atoms with Gasteiger partial charge in [-0.05, 0) is 30.2 Å². The van der Waals surface area contributed by atoms with Gasteiger partial charge in [0.05, 0.1) is 15.7 Å². The molecule has 1 aliphatic rings. The van der Waals surface area contributed by atoms with Gasteiger partial charge in [-0.3, -0.25) is 4.79 Å². The number of nitrogens with zero attached hydrogens (tertiary/aromatic N) is 1. The number of amides is 1. The first kappa shape index (κ1) is 12.4. The first-order valence-electron chi connectivity index (χ1n) is 4.37. The van der Waals surface area contributed by atoms with Crippen LogP contribution in [0.15, 0.2) is 18.2 Å². The molecule has 1 amide bonds. The molecule has 1 aliphatic heterocycles. The van der Waals surface area contributed by atoms with E-state index in [2.05, 4.69) is 5.43 Å². The molecule has 2 rings (SSSR count). The van der Waals surface area contributed by atoms with Gasteiger partial charge >= 0.3 is 5.24 Å². The number of benzene rings is 1. The second-order valence-corrected chi connectivity index (χ2v) is 6.10. The van der Waals surface area contributed by atoms with Crippen molar-refractivity contribution in [3.63, 3.8) is 0 Å². The first-order chi connectivity index (χ1) is 7.63. The zero-order valence-electron chi connectivity index (χ0n) is 8.24. The summed E-state index contributed by atoms with van der Waals surface area (Å²) in [5.74, 6) is 0. The fraction of sp³-hybridized carbons (Fsp3) is 0.222. The van der Waals surface area contributed by atoms with Crippen LogP contribution in [-0.4, -0.2) is 16.2 Å². The van der Waals surface area contributed by atoms with Crippen LogP contribution in [-0.2, 0) is 0 Å². The van der Waals surface area contributed by atoms with E-state index in [1.54, 1.807) is 30.0 Å². The summed E-state index contributed by atoms with van der Waals surface area (Å²) in [6.45, 7) is 0. The van der Waals surface area contributed by atoms with Crippen molar-refractivity contribution in [3.8, 4) is 0 Å². The zero-order chi connectivity index (χ0) is 11.7. The summed E-state index contributed by atoms with van der Waals surface area (Å²) in [5.41, 5.74) is 3.54. The number of hydrazine groups is 1. The lowest BCUT2D eigenvalue weighted by Crippen LogP contribution is -2.36. The van der Waals surface area contributed by atoms with Crippen LogP contribution in [0.4, 0.5) is 10.5 Å². The second kappa shape index (κ2) is 5.06. The highest BCUT2D eigenvalue weighted by Crippen LogP contribution is 2.38. The van der Waals surface area contributed by atoms with E-state index in [1.165, 1.54) is 16.8 Å². The van der Waals surface area contributed by atoms with Gasteiger partial charge in [-0.2, -0.15) is 0 Å². The quantitative estimate of drug-likeness (QED) is 0.899. The van der Waals surface area contributed by atoms with E-state index >= 15 is 0 Å². The average Bonchev–Trinajstić information content (AvgIpc) is 2.60. The first-order valence-corrected chi connectivity index (χ1v) is 7.29. The molecule has 3 nitrogen and oxygen atoms in total. The lowest BCUT2D eigenvalue weighted by molar-refractivity contribution is 0.264. The number of hydrogen-bond acceptors (Lipinski definition) is 4. The number of nitrogens with one attached hydrogen (secondary N) is 1. The summed E-state index contributed by atoms with van der Waals surface area (Å²) in [6, 6.07) is 5.15. The summed E-state index contributed by atoms with van der Waals surface area (Å²) in [6.07, 6.45) is 1.93. The van der Waals surface area contributed by atoms with Crippen LogP contribution >= 0.6 is 46.7 Å². The zero-order valence-corrected chi connectivity index (χ0v) is 11.4. The predicted molar refractivity (Wildman–Crippen MR) is 72.4 cm³/mol. The van der Waals surface area contributed by atoms with E-state index in [4.69, 9.17) is 23.2 Å². The minimum absolute atomic E-state index is 0.000149. The van der Waals surface area contributed by atoms with Gasteiger partial charge in [-0.1, -0.05) is 29.3 Å². The molecule has 0 aromatic heterocycles. The Bertz CT molecular complexity index is 410. The van der Waals surface area contributed by atoms with Gasteiger partial charge in [0, 0.05) is 0 Å². The molecule has 0 saturated carbocycles. The molecule has 1 heterocycles. The fourth-order valence-corrected chi connectivity index (χ4v) is 3.29. The molecular weight excluding hydrogens is 287 g/mol. The van der Waals surface area contributed by atoms with E-state index in [9.17, 15) is 4.79 Å². The Kier molecular flexibility index (Phi) is 3.92. The van der Waals surface area contributed by atoms with Gasteiger partial charge in [0.25, 0.3) is 0 Å². The number of anilines is 1. The van der Waals surface area contributed by atoms with Gasteiger partial charge in [0.15, 0.2) is 0 Å². The van der Waals surface area contributed by atoms with Crippen molar-refractivity contribution < 1.29 is 4.79 Å². The van der Waals surface area contributed by atoms with Crippen molar-refractivity contribution in [3.05, 3.63) is 28.2 Å². The highest BCUT2D eigenvalue weighted by atomic mass is 35.5. The van der Waals surface area contributed by atoms with Crippen LogP contribution in [0.2, 0.25) is 10.0 Å². The second-order valence-electron chi connectivity index (χ2n) is 2.99. The third kappa shape index (κ3) is 2.28. The van der Waals surface area contributed by atoms with E-state index in [0.717, 1.165) is 0 Å². The van der Waals surface area contributed by atoms with E-state index in [1.807, 2.05) is 6.26 Å². The number of carbonyl (C=O) groups excluding carboxylic acids is 1. The van der Waals surface area contributed by atoms with Crippen molar-refractivity contribution in [1.29, 1.82) is 0 Å². The molecule has 0 aliphatic carbocycles. The maximum atomic E-state index is 11.7. The Hall–Kier alpha value is -0.0700. The molecule has 1 unspecified atom stereocenters. The molecule has 1 fully saturated rings. The standard InChI is InChI=1S/C9H8Cl2N2OS2/c1-15-8-12-13(9(14)16-8)7-5(10)3-2-4-6(7)11/h2-4,8,12H,1H3. The number of rotatable bonds is 2. The monoisotopic (exact) mass is 294 g/mol. The maximum absolute atomic E-state index is 11.7. The van der Waals surface area contributed by atoms with Crippen molar-refractivity contribution in [2.45, 2.75) is 4.71 Å². The van der Waals surface area contributed by atoms with Crippen molar-refractivity contribution in [1.82, 2.24) is 5.43 Å². The van der Waals surface area contributed by atoms with Gasteiger partial charge in [0.1, 0.15) is 4.71 Å². The minimum Gasteiger partial charge on any atom is -0.260 e. The average molecular weight is 295 g/mol. The number of hydrogen-bond donors (Lipinski definition) is 1. The van der Waals surface area contributed by atoms with E-state index in [0.29, 0.717) is 15.7 Å². The SMILES string of the molecule is CSC1NN(c2c(Cl)cccc2Cl)C(=O)S1. The Balaban J connectivity index is 2.35. The van der Waals surface area contributed by atoms with Gasteiger partial charge in [-0.15, -0.1) is 11.8 Å². The van der Waals surface area contributed by atoms with E-state index < -0.39 is 0 Å². The lowest BCUT2D eigenvalue weighted by atomic mass is 10.3. The van der Waals surface area contributed by atoms with Crippen LogP contribution in [0.25, 0.3) is 0 Å². The minimum atomic E-state index is -0.102. The van der Waals surface area contributed by atoms with E-state index in [-0.39, 0.29) is 9.95 Å². The van der Waals surface area contributed by atoms with Crippen LogP contribution in [0.3, 0.4) is 0 Å². The molecular formula is C9H8Cl2N2OS2. The molecule has 7 heteroatoms. The molecule has 0 radical (unpaired) electrons. The number of carbonyl (C=O) groups is 1. The van der Waals surface area contributed by atoms with Gasteiger partial charge in [0.2, 0.25) is 0 Å². The normalized spacial score (nSPS) is 20.6. The number of halogens is 2. The van der Waals surface area contributed by atoms with Crippen molar-refractivity contribution >= 4 is 57.7 Å². The number of para-hydroxylation sites is 1.